The van der Waals surface area contributed by atoms with Crippen LogP contribution < -0.4 is 5.32 Å². The predicted octanol–water partition coefficient (Wildman–Crippen LogP) is 2.11. The number of halogens is 2. The van der Waals surface area contributed by atoms with E-state index in [1.807, 2.05) is 0 Å². The zero-order chi connectivity index (χ0) is 10.9. The second-order valence-electron chi connectivity index (χ2n) is 3.89. The van der Waals surface area contributed by atoms with Gasteiger partial charge in [0.05, 0.1) is 16.1 Å². The van der Waals surface area contributed by atoms with Crippen LogP contribution in [0.15, 0.2) is 16.9 Å². The molecule has 0 spiro atoms. The van der Waals surface area contributed by atoms with E-state index in [2.05, 4.69) is 26.2 Å². The highest BCUT2D eigenvalue weighted by molar-refractivity contribution is 9.10. The maximum Gasteiger partial charge on any atom is 0.0624 e. The zero-order valence-electron chi connectivity index (χ0n) is 8.13. The number of nitrogens with zero attached hydrogens (tertiary/aromatic N) is 1. The minimum atomic E-state index is -0.0638. The number of aliphatic hydroxyl groups is 1. The summed E-state index contributed by atoms with van der Waals surface area (Å²) < 4.78 is 0.803. The largest absolute Gasteiger partial charge is 0.394 e. The summed E-state index contributed by atoms with van der Waals surface area (Å²) in [7, 11) is 0. The van der Waals surface area contributed by atoms with E-state index in [1.165, 1.54) is 0 Å². The lowest BCUT2D eigenvalue weighted by Crippen LogP contribution is -2.34. The van der Waals surface area contributed by atoms with Crippen LogP contribution in [0.2, 0.25) is 5.02 Å². The van der Waals surface area contributed by atoms with Crippen molar-refractivity contribution in [3.8, 4) is 0 Å². The molecule has 0 aliphatic heterocycles. The molecular weight excluding hydrogens is 279 g/mol. The van der Waals surface area contributed by atoms with Crippen molar-refractivity contribution < 1.29 is 5.11 Å². The van der Waals surface area contributed by atoms with E-state index in [-0.39, 0.29) is 12.1 Å². The molecule has 1 aromatic rings. The maximum absolute atomic E-state index is 9.14. The monoisotopic (exact) mass is 290 g/mol. The summed E-state index contributed by atoms with van der Waals surface area (Å²) in [6.45, 7) is 0.831. The molecule has 0 bridgehead atoms. The molecule has 1 aliphatic carbocycles. The Balaban J connectivity index is 2.02. The number of rotatable bonds is 4. The van der Waals surface area contributed by atoms with Crippen LogP contribution in [0.1, 0.15) is 18.4 Å². The lowest BCUT2D eigenvalue weighted by Gasteiger charge is -2.14. The highest BCUT2D eigenvalue weighted by Gasteiger charge is 2.41. The van der Waals surface area contributed by atoms with Gasteiger partial charge in [-0.2, -0.15) is 0 Å². The molecule has 0 saturated heterocycles. The van der Waals surface area contributed by atoms with Gasteiger partial charge >= 0.3 is 0 Å². The van der Waals surface area contributed by atoms with E-state index >= 15 is 0 Å². The average Bonchev–Trinajstić information content (AvgIpc) is 3.01. The van der Waals surface area contributed by atoms with E-state index < -0.39 is 0 Å². The SMILES string of the molecule is OCC1(NCc2cncc(Br)c2Cl)CC1. The molecule has 1 saturated carbocycles. The Kier molecular flexibility index (Phi) is 3.30. The number of nitrogens with one attached hydrogen (secondary N) is 1. The third kappa shape index (κ3) is 2.50. The first-order valence-corrected chi connectivity index (χ1v) is 5.98. The molecule has 0 unspecified atom stereocenters. The van der Waals surface area contributed by atoms with Crippen LogP contribution in [0, 0.1) is 0 Å². The molecular formula is C10H12BrClN2O. The molecule has 3 nitrogen and oxygen atoms in total. The highest BCUT2D eigenvalue weighted by atomic mass is 79.9. The van der Waals surface area contributed by atoms with Crippen LogP contribution >= 0.6 is 27.5 Å². The molecule has 2 rings (SSSR count). The number of hydrogen-bond acceptors (Lipinski definition) is 3. The van der Waals surface area contributed by atoms with Crippen molar-refractivity contribution in [3.63, 3.8) is 0 Å². The van der Waals surface area contributed by atoms with Crippen molar-refractivity contribution in [2.24, 2.45) is 0 Å². The van der Waals surface area contributed by atoms with Crippen LogP contribution in [0.3, 0.4) is 0 Å². The molecule has 5 heteroatoms. The van der Waals surface area contributed by atoms with Gasteiger partial charge in [0.1, 0.15) is 0 Å². The van der Waals surface area contributed by atoms with E-state index in [4.69, 9.17) is 16.7 Å². The fraction of sp³-hybridized carbons (Fsp3) is 0.500. The van der Waals surface area contributed by atoms with Crippen LogP contribution in [0.25, 0.3) is 0 Å². The molecule has 0 aromatic carbocycles. The molecule has 1 heterocycles. The summed E-state index contributed by atoms with van der Waals surface area (Å²) in [6, 6.07) is 0. The summed E-state index contributed by atoms with van der Waals surface area (Å²) >= 11 is 9.42. The minimum Gasteiger partial charge on any atom is -0.394 e. The van der Waals surface area contributed by atoms with E-state index in [0.29, 0.717) is 11.6 Å². The Labute approximate surface area is 102 Å². The molecule has 1 aromatic heterocycles. The highest BCUT2D eigenvalue weighted by Crippen LogP contribution is 2.35. The quantitative estimate of drug-likeness (QED) is 0.893. The summed E-state index contributed by atoms with van der Waals surface area (Å²) in [4.78, 5) is 4.06. The number of pyridine rings is 1. The first kappa shape index (κ1) is 11.3. The third-order valence-corrected chi connectivity index (χ3v) is 4.00. The van der Waals surface area contributed by atoms with Gasteiger partial charge in [-0.1, -0.05) is 11.6 Å². The normalized spacial score (nSPS) is 17.8. The lowest BCUT2D eigenvalue weighted by molar-refractivity contribution is 0.229. The standard InChI is InChI=1S/C10H12BrClN2O/c11-8-5-13-3-7(9(8)12)4-14-10(6-15)1-2-10/h3,5,14-15H,1-2,4,6H2. The van der Waals surface area contributed by atoms with Crippen LogP contribution in [-0.4, -0.2) is 22.2 Å². The van der Waals surface area contributed by atoms with Gasteiger partial charge in [-0.3, -0.25) is 4.98 Å². The Morgan fingerprint density at radius 3 is 2.87 bits per heavy atom. The first-order chi connectivity index (χ1) is 7.17. The van der Waals surface area contributed by atoms with Gasteiger partial charge in [0.2, 0.25) is 0 Å². The summed E-state index contributed by atoms with van der Waals surface area (Å²) in [5.74, 6) is 0. The predicted molar refractivity (Wildman–Crippen MR) is 62.8 cm³/mol. The fourth-order valence-corrected chi connectivity index (χ4v) is 1.94. The van der Waals surface area contributed by atoms with Gasteiger partial charge < -0.3 is 10.4 Å². The zero-order valence-corrected chi connectivity index (χ0v) is 10.5. The Morgan fingerprint density at radius 1 is 1.53 bits per heavy atom. The van der Waals surface area contributed by atoms with E-state index in [9.17, 15) is 0 Å². The smallest absolute Gasteiger partial charge is 0.0624 e. The van der Waals surface area contributed by atoms with Gasteiger partial charge in [-0.05, 0) is 28.8 Å². The summed E-state index contributed by atoms with van der Waals surface area (Å²) in [5.41, 5.74) is 0.886. The first-order valence-electron chi connectivity index (χ1n) is 4.81. The fourth-order valence-electron chi connectivity index (χ4n) is 1.41. The Hall–Kier alpha value is -0.160. The van der Waals surface area contributed by atoms with E-state index in [0.717, 1.165) is 22.9 Å². The van der Waals surface area contributed by atoms with Crippen molar-refractivity contribution in [1.29, 1.82) is 0 Å². The Bertz CT molecular complexity index is 368. The third-order valence-electron chi connectivity index (χ3n) is 2.72. The van der Waals surface area contributed by atoms with Gasteiger partial charge in [0.15, 0.2) is 0 Å². The van der Waals surface area contributed by atoms with Crippen molar-refractivity contribution in [3.05, 3.63) is 27.5 Å². The van der Waals surface area contributed by atoms with Crippen LogP contribution in [0.4, 0.5) is 0 Å². The van der Waals surface area contributed by atoms with Gasteiger partial charge in [0, 0.05) is 30.0 Å². The van der Waals surface area contributed by atoms with Gasteiger partial charge in [-0.15, -0.1) is 0 Å². The van der Waals surface area contributed by atoms with Crippen molar-refractivity contribution in [2.75, 3.05) is 6.61 Å². The van der Waals surface area contributed by atoms with Gasteiger partial charge in [-0.25, -0.2) is 0 Å². The topological polar surface area (TPSA) is 45.1 Å². The second kappa shape index (κ2) is 4.37. The maximum atomic E-state index is 9.14. The van der Waals surface area contributed by atoms with E-state index in [1.54, 1.807) is 12.4 Å². The summed E-state index contributed by atoms with van der Waals surface area (Å²) in [6.07, 6.45) is 5.48. The molecule has 1 fully saturated rings. The molecule has 1 aliphatic rings. The molecule has 0 radical (unpaired) electrons. The van der Waals surface area contributed by atoms with Crippen LogP contribution in [0.5, 0.6) is 0 Å². The van der Waals surface area contributed by atoms with Crippen molar-refractivity contribution in [2.45, 2.75) is 24.9 Å². The molecule has 0 amide bonds. The Morgan fingerprint density at radius 2 is 2.27 bits per heavy atom. The van der Waals surface area contributed by atoms with Crippen molar-refractivity contribution >= 4 is 27.5 Å². The lowest BCUT2D eigenvalue weighted by atomic mass is 10.2. The summed E-state index contributed by atoms with van der Waals surface area (Å²) in [5, 5.41) is 13.1. The van der Waals surface area contributed by atoms with Crippen molar-refractivity contribution in [1.82, 2.24) is 10.3 Å². The molecule has 0 atom stereocenters. The number of aliphatic hydroxyl groups excluding tert-OH is 1. The number of aromatic nitrogens is 1. The minimum absolute atomic E-state index is 0.0638. The molecule has 15 heavy (non-hydrogen) atoms. The average molecular weight is 292 g/mol. The molecule has 2 N–H and O–H groups in total. The molecule has 82 valence electrons. The second-order valence-corrected chi connectivity index (χ2v) is 5.12. The van der Waals surface area contributed by atoms with Crippen LogP contribution in [-0.2, 0) is 6.54 Å². The van der Waals surface area contributed by atoms with Gasteiger partial charge in [0.25, 0.3) is 0 Å². The number of hydrogen-bond donors (Lipinski definition) is 2.